The molecule has 0 amide bonds. The summed E-state index contributed by atoms with van der Waals surface area (Å²) < 4.78 is 0. The molecule has 0 atom stereocenters. The Morgan fingerprint density at radius 1 is 0.895 bits per heavy atom. The first-order valence-electron chi connectivity index (χ1n) is 6.29. The molecule has 0 aromatic heterocycles. The van der Waals surface area contributed by atoms with Gasteiger partial charge in [0.15, 0.2) is 5.78 Å². The van der Waals surface area contributed by atoms with Crippen molar-refractivity contribution in [3.05, 3.63) is 64.2 Å². The van der Waals surface area contributed by atoms with Gasteiger partial charge in [0.1, 0.15) is 0 Å². The minimum atomic E-state index is 0.105. The summed E-state index contributed by atoms with van der Waals surface area (Å²) in [4.78, 5) is 13.7. The molecule has 0 bridgehead atoms. The highest BCUT2D eigenvalue weighted by Gasteiger charge is 2.12. The van der Waals surface area contributed by atoms with Gasteiger partial charge >= 0.3 is 0 Å². The second kappa shape index (κ2) is 5.62. The topological polar surface area (TPSA) is 17.1 Å². The molecule has 0 aliphatic heterocycles. The fourth-order valence-corrected chi connectivity index (χ4v) is 2.51. The maximum atomic E-state index is 12.5. The molecule has 2 aromatic carbocycles. The van der Waals surface area contributed by atoms with Crippen LogP contribution in [0.5, 0.6) is 0 Å². The van der Waals surface area contributed by atoms with Crippen LogP contribution >= 0.6 is 11.8 Å². The van der Waals surface area contributed by atoms with Crippen LogP contribution in [0.2, 0.25) is 0 Å². The number of hydrogen-bond acceptors (Lipinski definition) is 2. The second-order valence-electron chi connectivity index (χ2n) is 4.81. The summed E-state index contributed by atoms with van der Waals surface area (Å²) in [6.07, 6.45) is 2.03. The van der Waals surface area contributed by atoms with E-state index in [1.807, 2.05) is 50.4 Å². The Balaban J connectivity index is 2.40. The zero-order valence-electron chi connectivity index (χ0n) is 11.8. The SMILES string of the molecule is CSc1ccc(C(=O)c2cc(C)c(C)cc2C)cc1. The number of thioether (sulfide) groups is 1. The lowest BCUT2D eigenvalue weighted by Crippen LogP contribution is -2.05. The third-order valence-electron chi connectivity index (χ3n) is 3.44. The predicted molar refractivity (Wildman–Crippen MR) is 82.3 cm³/mol. The maximum absolute atomic E-state index is 12.5. The molecule has 1 nitrogen and oxygen atoms in total. The Bertz CT molecular complexity index is 612. The molecule has 0 unspecified atom stereocenters. The minimum absolute atomic E-state index is 0.105. The molecular weight excluding hydrogens is 252 g/mol. The van der Waals surface area contributed by atoms with Gasteiger partial charge in [0.2, 0.25) is 0 Å². The minimum Gasteiger partial charge on any atom is -0.289 e. The van der Waals surface area contributed by atoms with Gasteiger partial charge in [-0.15, -0.1) is 11.8 Å². The van der Waals surface area contributed by atoms with Crippen molar-refractivity contribution in [1.29, 1.82) is 0 Å². The Morgan fingerprint density at radius 3 is 2.05 bits per heavy atom. The van der Waals surface area contributed by atoms with Crippen LogP contribution in [0.15, 0.2) is 41.3 Å². The Kier molecular flexibility index (Phi) is 4.11. The Morgan fingerprint density at radius 2 is 1.47 bits per heavy atom. The van der Waals surface area contributed by atoms with Crippen molar-refractivity contribution in [3.63, 3.8) is 0 Å². The normalized spacial score (nSPS) is 10.5. The largest absolute Gasteiger partial charge is 0.289 e. The zero-order valence-corrected chi connectivity index (χ0v) is 12.6. The van der Waals surface area contributed by atoms with E-state index in [1.54, 1.807) is 11.8 Å². The number of aryl methyl sites for hydroxylation is 3. The van der Waals surface area contributed by atoms with Gasteiger partial charge in [-0.3, -0.25) is 4.79 Å². The van der Waals surface area contributed by atoms with Gasteiger partial charge in [0.05, 0.1) is 0 Å². The van der Waals surface area contributed by atoms with E-state index in [0.29, 0.717) is 0 Å². The lowest BCUT2D eigenvalue weighted by atomic mass is 9.95. The number of rotatable bonds is 3. The van der Waals surface area contributed by atoms with E-state index >= 15 is 0 Å². The standard InChI is InChI=1S/C17H18OS/c1-11-9-13(3)16(10-12(11)2)17(18)14-5-7-15(19-4)8-6-14/h5-10H,1-4H3. The van der Waals surface area contributed by atoms with Crippen LogP contribution in [0.25, 0.3) is 0 Å². The number of benzene rings is 2. The summed E-state index contributed by atoms with van der Waals surface area (Å²) >= 11 is 1.68. The van der Waals surface area contributed by atoms with Gasteiger partial charge in [0, 0.05) is 16.0 Å². The van der Waals surface area contributed by atoms with Crippen LogP contribution in [0, 0.1) is 20.8 Å². The first-order valence-corrected chi connectivity index (χ1v) is 7.52. The third-order valence-corrected chi connectivity index (χ3v) is 4.18. The van der Waals surface area contributed by atoms with Crippen molar-refractivity contribution in [3.8, 4) is 0 Å². The molecular formula is C17H18OS. The highest BCUT2D eigenvalue weighted by atomic mass is 32.2. The van der Waals surface area contributed by atoms with Gasteiger partial charge in [-0.1, -0.05) is 6.07 Å². The van der Waals surface area contributed by atoms with Crippen molar-refractivity contribution in [1.82, 2.24) is 0 Å². The van der Waals surface area contributed by atoms with Crippen LogP contribution in [-0.4, -0.2) is 12.0 Å². The fourth-order valence-electron chi connectivity index (χ4n) is 2.10. The third kappa shape index (κ3) is 2.90. The molecule has 19 heavy (non-hydrogen) atoms. The molecule has 0 saturated carbocycles. The van der Waals surface area contributed by atoms with Crippen LogP contribution in [0.1, 0.15) is 32.6 Å². The van der Waals surface area contributed by atoms with Gasteiger partial charge in [-0.05, 0) is 74.0 Å². The van der Waals surface area contributed by atoms with Crippen molar-refractivity contribution in [2.75, 3.05) is 6.26 Å². The summed E-state index contributed by atoms with van der Waals surface area (Å²) in [7, 11) is 0. The van der Waals surface area contributed by atoms with Crippen molar-refractivity contribution in [2.45, 2.75) is 25.7 Å². The van der Waals surface area contributed by atoms with E-state index < -0.39 is 0 Å². The number of ketones is 1. The summed E-state index contributed by atoms with van der Waals surface area (Å²) in [5, 5.41) is 0. The highest BCUT2D eigenvalue weighted by Crippen LogP contribution is 2.21. The molecule has 0 saturated heterocycles. The van der Waals surface area contributed by atoms with E-state index in [2.05, 4.69) is 13.0 Å². The van der Waals surface area contributed by atoms with Gasteiger partial charge in [0.25, 0.3) is 0 Å². The number of carbonyl (C=O) groups excluding carboxylic acids is 1. The smallest absolute Gasteiger partial charge is 0.193 e. The molecule has 0 fully saturated rings. The number of hydrogen-bond donors (Lipinski definition) is 0. The molecule has 0 aliphatic rings. The van der Waals surface area contributed by atoms with Crippen molar-refractivity contribution < 1.29 is 4.79 Å². The summed E-state index contributed by atoms with van der Waals surface area (Å²) in [6.45, 7) is 6.11. The average Bonchev–Trinajstić information content (AvgIpc) is 2.42. The molecule has 0 radical (unpaired) electrons. The molecule has 0 N–H and O–H groups in total. The van der Waals surface area contributed by atoms with Gasteiger partial charge in [-0.25, -0.2) is 0 Å². The fraction of sp³-hybridized carbons (Fsp3) is 0.235. The van der Waals surface area contributed by atoms with Crippen LogP contribution in [0.4, 0.5) is 0 Å². The van der Waals surface area contributed by atoms with E-state index in [1.165, 1.54) is 10.5 Å². The molecule has 0 spiro atoms. The van der Waals surface area contributed by atoms with E-state index in [0.717, 1.165) is 22.3 Å². The molecule has 2 aromatic rings. The predicted octanol–water partition coefficient (Wildman–Crippen LogP) is 4.56. The zero-order chi connectivity index (χ0) is 14.0. The summed E-state index contributed by atoms with van der Waals surface area (Å²) in [6, 6.07) is 11.9. The summed E-state index contributed by atoms with van der Waals surface area (Å²) in [5.74, 6) is 0.105. The monoisotopic (exact) mass is 270 g/mol. The van der Waals surface area contributed by atoms with E-state index in [9.17, 15) is 4.79 Å². The van der Waals surface area contributed by atoms with E-state index in [4.69, 9.17) is 0 Å². The Hall–Kier alpha value is -1.54. The number of carbonyl (C=O) groups is 1. The van der Waals surface area contributed by atoms with Crippen LogP contribution in [-0.2, 0) is 0 Å². The lowest BCUT2D eigenvalue weighted by molar-refractivity contribution is 0.103. The molecule has 0 heterocycles. The van der Waals surface area contributed by atoms with Crippen molar-refractivity contribution in [2.24, 2.45) is 0 Å². The van der Waals surface area contributed by atoms with Crippen molar-refractivity contribution >= 4 is 17.5 Å². The average molecular weight is 270 g/mol. The first-order chi connectivity index (χ1) is 9.02. The van der Waals surface area contributed by atoms with Gasteiger partial charge < -0.3 is 0 Å². The molecule has 2 heteroatoms. The van der Waals surface area contributed by atoms with Gasteiger partial charge in [-0.2, -0.15) is 0 Å². The Labute approximate surface area is 119 Å². The van der Waals surface area contributed by atoms with Crippen LogP contribution in [0.3, 0.4) is 0 Å². The lowest BCUT2D eigenvalue weighted by Gasteiger charge is -2.09. The quantitative estimate of drug-likeness (QED) is 0.600. The van der Waals surface area contributed by atoms with E-state index in [-0.39, 0.29) is 5.78 Å². The first kappa shape index (κ1) is 13.9. The highest BCUT2D eigenvalue weighted by molar-refractivity contribution is 7.98. The molecule has 2 rings (SSSR count). The van der Waals surface area contributed by atoms with Crippen LogP contribution < -0.4 is 0 Å². The second-order valence-corrected chi connectivity index (χ2v) is 5.69. The molecule has 98 valence electrons. The maximum Gasteiger partial charge on any atom is 0.193 e. The summed E-state index contributed by atoms with van der Waals surface area (Å²) in [5.41, 5.74) is 4.99. The molecule has 0 aliphatic carbocycles.